The molecular weight excluding hydrogens is 324 g/mol. The molecular formula is C19H25ClN2O2. The van der Waals surface area contributed by atoms with E-state index >= 15 is 0 Å². The summed E-state index contributed by atoms with van der Waals surface area (Å²) in [6, 6.07) is 14.0. The van der Waals surface area contributed by atoms with Crippen LogP contribution in [-0.2, 0) is 4.79 Å². The third-order valence-electron chi connectivity index (χ3n) is 4.82. The van der Waals surface area contributed by atoms with Crippen molar-refractivity contribution in [3.63, 3.8) is 0 Å². The molecule has 1 saturated carbocycles. The number of aliphatic hydroxyl groups is 1. The van der Waals surface area contributed by atoms with Crippen LogP contribution in [-0.4, -0.2) is 23.6 Å². The van der Waals surface area contributed by atoms with E-state index in [2.05, 4.69) is 5.32 Å². The molecule has 4 nitrogen and oxygen atoms in total. The van der Waals surface area contributed by atoms with Crippen molar-refractivity contribution < 1.29 is 9.90 Å². The quantitative estimate of drug-likeness (QED) is 0.777. The van der Waals surface area contributed by atoms with Crippen LogP contribution in [0.3, 0.4) is 0 Å². The second-order valence-electron chi connectivity index (χ2n) is 6.49. The van der Waals surface area contributed by atoms with Crippen LogP contribution in [0.15, 0.2) is 42.5 Å². The largest absolute Gasteiger partial charge is 0.387 e. The Kier molecular flexibility index (Phi) is 6.60. The zero-order valence-corrected chi connectivity index (χ0v) is 14.5. The molecule has 0 heterocycles. The van der Waals surface area contributed by atoms with E-state index in [9.17, 15) is 9.90 Å². The molecule has 1 aliphatic rings. The lowest BCUT2D eigenvalue weighted by molar-refractivity contribution is -0.122. The van der Waals surface area contributed by atoms with Gasteiger partial charge in [0.15, 0.2) is 0 Å². The Bertz CT molecular complexity index is 692. The second-order valence-corrected chi connectivity index (χ2v) is 6.49. The predicted molar refractivity (Wildman–Crippen MR) is 99.1 cm³/mol. The Balaban J connectivity index is 0.00000208. The molecule has 2 aromatic carbocycles. The number of nitrogens with one attached hydrogen (secondary N) is 1. The monoisotopic (exact) mass is 348 g/mol. The number of carbonyl (C=O) groups is 1. The number of benzene rings is 2. The molecule has 3 atom stereocenters. The summed E-state index contributed by atoms with van der Waals surface area (Å²) < 4.78 is 0. The van der Waals surface area contributed by atoms with Crippen LogP contribution in [0.1, 0.15) is 37.4 Å². The van der Waals surface area contributed by atoms with Crippen LogP contribution in [0.4, 0.5) is 0 Å². The predicted octanol–water partition coefficient (Wildman–Crippen LogP) is 2.93. The summed E-state index contributed by atoms with van der Waals surface area (Å²) in [6.45, 7) is 0.235. The van der Waals surface area contributed by atoms with Crippen molar-refractivity contribution in [2.45, 2.75) is 37.8 Å². The van der Waals surface area contributed by atoms with Crippen LogP contribution in [0.25, 0.3) is 10.8 Å². The van der Waals surface area contributed by atoms with E-state index in [-0.39, 0.29) is 36.8 Å². The van der Waals surface area contributed by atoms with Crippen LogP contribution in [0.2, 0.25) is 0 Å². The summed E-state index contributed by atoms with van der Waals surface area (Å²) in [5, 5.41) is 15.4. The van der Waals surface area contributed by atoms with E-state index in [0.29, 0.717) is 6.42 Å². The Morgan fingerprint density at radius 2 is 1.96 bits per heavy atom. The molecule has 1 aliphatic carbocycles. The molecule has 0 spiro atoms. The SMILES string of the molecule is Cl.N[C@@H]1CCC[C@H]1CC(=O)NCC(O)c1ccc2ccccc2c1. The number of amides is 1. The molecule has 1 amide bonds. The first-order chi connectivity index (χ1) is 11.1. The molecule has 3 rings (SSSR count). The van der Waals surface area contributed by atoms with Gasteiger partial charge in [-0.25, -0.2) is 0 Å². The maximum Gasteiger partial charge on any atom is 0.220 e. The van der Waals surface area contributed by atoms with Gasteiger partial charge in [-0.1, -0.05) is 42.8 Å². The van der Waals surface area contributed by atoms with Crippen LogP contribution < -0.4 is 11.1 Å². The average Bonchev–Trinajstić information content (AvgIpc) is 2.97. The van der Waals surface area contributed by atoms with Crippen molar-refractivity contribution in [1.82, 2.24) is 5.32 Å². The van der Waals surface area contributed by atoms with Crippen molar-refractivity contribution in [2.75, 3.05) is 6.54 Å². The molecule has 4 N–H and O–H groups in total. The first kappa shape index (κ1) is 18.7. The Morgan fingerprint density at radius 3 is 2.67 bits per heavy atom. The first-order valence-electron chi connectivity index (χ1n) is 8.32. The average molecular weight is 349 g/mol. The van der Waals surface area contributed by atoms with Crippen molar-refractivity contribution in [2.24, 2.45) is 11.7 Å². The summed E-state index contributed by atoms with van der Waals surface area (Å²) in [6.07, 6.45) is 2.92. The highest BCUT2D eigenvalue weighted by Gasteiger charge is 2.26. The minimum absolute atomic E-state index is 0. The highest BCUT2D eigenvalue weighted by Crippen LogP contribution is 2.26. The molecule has 0 saturated heterocycles. The van der Waals surface area contributed by atoms with Gasteiger partial charge in [0.25, 0.3) is 0 Å². The fourth-order valence-corrected chi connectivity index (χ4v) is 3.37. The molecule has 24 heavy (non-hydrogen) atoms. The van der Waals surface area contributed by atoms with Crippen LogP contribution >= 0.6 is 12.4 Å². The highest BCUT2D eigenvalue weighted by atomic mass is 35.5. The van der Waals surface area contributed by atoms with Crippen LogP contribution in [0.5, 0.6) is 0 Å². The van der Waals surface area contributed by atoms with Gasteiger partial charge in [-0.3, -0.25) is 4.79 Å². The minimum atomic E-state index is -0.694. The lowest BCUT2D eigenvalue weighted by Gasteiger charge is -2.17. The molecule has 130 valence electrons. The van der Waals surface area contributed by atoms with Gasteiger partial charge in [0.1, 0.15) is 0 Å². The van der Waals surface area contributed by atoms with Gasteiger partial charge in [-0.15, -0.1) is 12.4 Å². The fourth-order valence-electron chi connectivity index (χ4n) is 3.37. The Labute approximate surface area is 148 Å². The smallest absolute Gasteiger partial charge is 0.220 e. The van der Waals surface area contributed by atoms with Crippen LogP contribution in [0, 0.1) is 5.92 Å². The number of halogens is 1. The van der Waals surface area contributed by atoms with E-state index < -0.39 is 6.10 Å². The first-order valence-corrected chi connectivity index (χ1v) is 8.32. The van der Waals surface area contributed by atoms with E-state index in [0.717, 1.165) is 35.6 Å². The third kappa shape index (κ3) is 4.47. The normalized spacial score (nSPS) is 21.2. The number of nitrogens with two attached hydrogens (primary N) is 1. The van der Waals surface area contributed by atoms with Crippen molar-refractivity contribution in [1.29, 1.82) is 0 Å². The standard InChI is InChI=1S/C19H24N2O2.ClH/c20-17-7-3-6-15(17)11-19(23)21-12-18(22)16-9-8-13-4-1-2-5-14(13)10-16;/h1-2,4-5,8-10,15,17-18,22H,3,6-7,11-12,20H2,(H,21,23);1H/t15-,17+,18?;/m0./s1. The zero-order chi connectivity index (χ0) is 16.2. The minimum Gasteiger partial charge on any atom is -0.387 e. The topological polar surface area (TPSA) is 75.4 Å². The number of rotatable bonds is 5. The number of aliphatic hydroxyl groups excluding tert-OH is 1. The molecule has 0 aliphatic heterocycles. The van der Waals surface area contributed by atoms with Gasteiger partial charge < -0.3 is 16.2 Å². The van der Waals surface area contributed by atoms with Gasteiger partial charge in [0.2, 0.25) is 5.91 Å². The van der Waals surface area contributed by atoms with Gasteiger partial charge >= 0.3 is 0 Å². The lowest BCUT2D eigenvalue weighted by atomic mass is 9.99. The molecule has 0 radical (unpaired) electrons. The maximum absolute atomic E-state index is 12.0. The Morgan fingerprint density at radius 1 is 1.21 bits per heavy atom. The highest BCUT2D eigenvalue weighted by molar-refractivity contribution is 5.85. The number of carbonyl (C=O) groups excluding carboxylic acids is 1. The van der Waals surface area contributed by atoms with E-state index in [4.69, 9.17) is 5.73 Å². The molecule has 1 fully saturated rings. The van der Waals surface area contributed by atoms with E-state index in [1.807, 2.05) is 42.5 Å². The Hall–Kier alpha value is -1.62. The molecule has 2 aromatic rings. The molecule has 0 bridgehead atoms. The summed E-state index contributed by atoms with van der Waals surface area (Å²) >= 11 is 0. The second kappa shape index (κ2) is 8.47. The van der Waals surface area contributed by atoms with E-state index in [1.54, 1.807) is 0 Å². The molecule has 5 heteroatoms. The van der Waals surface area contributed by atoms with Crippen molar-refractivity contribution >= 4 is 29.1 Å². The number of fused-ring (bicyclic) bond motifs is 1. The van der Waals surface area contributed by atoms with Crippen molar-refractivity contribution in [3.05, 3.63) is 48.0 Å². The summed E-state index contributed by atoms with van der Waals surface area (Å²) in [4.78, 5) is 12.0. The number of hydrogen-bond donors (Lipinski definition) is 3. The molecule has 1 unspecified atom stereocenters. The zero-order valence-electron chi connectivity index (χ0n) is 13.7. The van der Waals surface area contributed by atoms with Gasteiger partial charge in [-0.05, 0) is 41.2 Å². The lowest BCUT2D eigenvalue weighted by Crippen LogP contribution is -2.33. The van der Waals surface area contributed by atoms with E-state index in [1.165, 1.54) is 0 Å². The summed E-state index contributed by atoms with van der Waals surface area (Å²) in [7, 11) is 0. The van der Waals surface area contributed by atoms with Crippen molar-refractivity contribution in [3.8, 4) is 0 Å². The van der Waals surface area contributed by atoms with Gasteiger partial charge in [0, 0.05) is 19.0 Å². The maximum atomic E-state index is 12.0. The fraction of sp³-hybridized carbons (Fsp3) is 0.421. The molecule has 0 aromatic heterocycles. The number of hydrogen-bond acceptors (Lipinski definition) is 3. The van der Waals surface area contributed by atoms with Gasteiger partial charge in [0.05, 0.1) is 6.10 Å². The third-order valence-corrected chi connectivity index (χ3v) is 4.82. The summed E-state index contributed by atoms with van der Waals surface area (Å²) in [5.74, 6) is 0.264. The van der Waals surface area contributed by atoms with Gasteiger partial charge in [-0.2, -0.15) is 0 Å². The summed E-state index contributed by atoms with van der Waals surface area (Å²) in [5.41, 5.74) is 6.82.